The minimum Gasteiger partial charge on any atom is -0.478 e. The highest BCUT2D eigenvalue weighted by atomic mass is 16.4. The second-order valence-corrected chi connectivity index (χ2v) is 5.09. The third-order valence-corrected chi connectivity index (χ3v) is 3.66. The van der Waals surface area contributed by atoms with E-state index in [4.69, 9.17) is 0 Å². The predicted molar refractivity (Wildman–Crippen MR) is 82.1 cm³/mol. The minimum absolute atomic E-state index is 0.223. The van der Waals surface area contributed by atoms with E-state index in [1.165, 1.54) is 0 Å². The highest BCUT2D eigenvalue weighted by Crippen LogP contribution is 2.24. The van der Waals surface area contributed by atoms with Crippen molar-refractivity contribution in [3.63, 3.8) is 0 Å². The lowest BCUT2D eigenvalue weighted by atomic mass is 10.0. The SMILES string of the molecule is CCC(c1cccnc1)N(C)Cc1ccccc1C(=O)O. The minimum atomic E-state index is -0.881. The number of carboxylic acid groups (broad SMARTS) is 1. The number of nitrogens with zero attached hydrogens (tertiary/aromatic N) is 2. The quantitative estimate of drug-likeness (QED) is 0.883. The number of hydrogen-bond acceptors (Lipinski definition) is 3. The van der Waals surface area contributed by atoms with E-state index in [-0.39, 0.29) is 6.04 Å². The number of aromatic carboxylic acids is 1. The molecule has 0 bridgehead atoms. The van der Waals surface area contributed by atoms with Crippen LogP contribution in [0.5, 0.6) is 0 Å². The van der Waals surface area contributed by atoms with Gasteiger partial charge in [0.25, 0.3) is 0 Å². The summed E-state index contributed by atoms with van der Waals surface area (Å²) < 4.78 is 0. The summed E-state index contributed by atoms with van der Waals surface area (Å²) in [6.45, 7) is 2.72. The lowest BCUT2D eigenvalue weighted by Gasteiger charge is -2.27. The van der Waals surface area contributed by atoms with Crippen LogP contribution < -0.4 is 0 Å². The Morgan fingerprint density at radius 1 is 1.29 bits per heavy atom. The van der Waals surface area contributed by atoms with E-state index >= 15 is 0 Å². The Morgan fingerprint density at radius 2 is 2.05 bits per heavy atom. The van der Waals surface area contributed by atoms with Crippen molar-refractivity contribution in [3.8, 4) is 0 Å². The van der Waals surface area contributed by atoms with Crippen LogP contribution in [-0.4, -0.2) is 28.0 Å². The highest BCUT2D eigenvalue weighted by molar-refractivity contribution is 5.89. The fraction of sp³-hybridized carbons (Fsp3) is 0.294. The fourth-order valence-electron chi connectivity index (χ4n) is 2.62. The van der Waals surface area contributed by atoms with E-state index in [0.29, 0.717) is 12.1 Å². The largest absolute Gasteiger partial charge is 0.478 e. The molecule has 0 aliphatic heterocycles. The normalized spacial score (nSPS) is 12.3. The predicted octanol–water partition coefficient (Wildman–Crippen LogP) is 3.36. The van der Waals surface area contributed by atoms with Gasteiger partial charge in [-0.05, 0) is 36.7 Å². The van der Waals surface area contributed by atoms with Crippen LogP contribution in [0.15, 0.2) is 48.8 Å². The summed E-state index contributed by atoms with van der Waals surface area (Å²) >= 11 is 0. The molecular formula is C17H20N2O2. The molecule has 4 heteroatoms. The number of hydrogen-bond donors (Lipinski definition) is 1. The number of pyridine rings is 1. The Hall–Kier alpha value is -2.20. The van der Waals surface area contributed by atoms with Crippen LogP contribution in [0.2, 0.25) is 0 Å². The van der Waals surface area contributed by atoms with E-state index < -0.39 is 5.97 Å². The zero-order valence-electron chi connectivity index (χ0n) is 12.4. The van der Waals surface area contributed by atoms with Crippen LogP contribution in [0.25, 0.3) is 0 Å². The molecule has 1 aromatic heterocycles. The number of rotatable bonds is 6. The first-order valence-corrected chi connectivity index (χ1v) is 7.04. The number of carbonyl (C=O) groups is 1. The average molecular weight is 284 g/mol. The number of aromatic nitrogens is 1. The first-order valence-electron chi connectivity index (χ1n) is 7.04. The molecular weight excluding hydrogens is 264 g/mol. The molecule has 2 aromatic rings. The van der Waals surface area contributed by atoms with Gasteiger partial charge in [-0.3, -0.25) is 9.88 Å². The lowest BCUT2D eigenvalue weighted by Crippen LogP contribution is -2.24. The monoisotopic (exact) mass is 284 g/mol. The maximum atomic E-state index is 11.3. The van der Waals surface area contributed by atoms with Crippen molar-refractivity contribution in [1.82, 2.24) is 9.88 Å². The van der Waals surface area contributed by atoms with Crippen molar-refractivity contribution in [3.05, 3.63) is 65.5 Å². The van der Waals surface area contributed by atoms with Gasteiger partial charge in [-0.1, -0.05) is 31.2 Å². The summed E-state index contributed by atoms with van der Waals surface area (Å²) in [7, 11) is 2.01. The Bertz CT molecular complexity index is 599. The van der Waals surface area contributed by atoms with Crippen LogP contribution in [-0.2, 0) is 6.54 Å². The maximum absolute atomic E-state index is 11.3. The first kappa shape index (κ1) is 15.2. The Kier molecular flexibility index (Phi) is 5.06. The van der Waals surface area contributed by atoms with E-state index in [1.54, 1.807) is 18.3 Å². The van der Waals surface area contributed by atoms with Gasteiger partial charge in [-0.25, -0.2) is 4.79 Å². The second-order valence-electron chi connectivity index (χ2n) is 5.09. The van der Waals surface area contributed by atoms with Gasteiger partial charge in [0.05, 0.1) is 5.56 Å². The Labute approximate surface area is 125 Å². The molecule has 0 aliphatic rings. The van der Waals surface area contributed by atoms with Crippen LogP contribution >= 0.6 is 0 Å². The van der Waals surface area contributed by atoms with Crippen LogP contribution in [0.1, 0.15) is 40.9 Å². The van der Waals surface area contributed by atoms with E-state index in [0.717, 1.165) is 17.5 Å². The van der Waals surface area contributed by atoms with Crippen molar-refractivity contribution in [2.75, 3.05) is 7.05 Å². The molecule has 1 atom stereocenters. The summed E-state index contributed by atoms with van der Waals surface area (Å²) in [6.07, 6.45) is 4.57. The molecule has 2 rings (SSSR count). The lowest BCUT2D eigenvalue weighted by molar-refractivity contribution is 0.0694. The molecule has 110 valence electrons. The maximum Gasteiger partial charge on any atom is 0.336 e. The molecule has 1 heterocycles. The summed E-state index contributed by atoms with van der Waals surface area (Å²) in [5, 5.41) is 9.26. The van der Waals surface area contributed by atoms with Crippen molar-refractivity contribution in [2.45, 2.75) is 25.9 Å². The van der Waals surface area contributed by atoms with Crippen molar-refractivity contribution >= 4 is 5.97 Å². The zero-order valence-corrected chi connectivity index (χ0v) is 12.4. The molecule has 0 fully saturated rings. The third kappa shape index (κ3) is 3.67. The van der Waals surface area contributed by atoms with Gasteiger partial charge in [0.15, 0.2) is 0 Å². The second kappa shape index (κ2) is 6.99. The van der Waals surface area contributed by atoms with Crippen LogP contribution in [0.3, 0.4) is 0 Å². The summed E-state index contributed by atoms with van der Waals surface area (Å²) in [5.74, 6) is -0.881. The Morgan fingerprint density at radius 3 is 2.67 bits per heavy atom. The molecule has 4 nitrogen and oxygen atoms in total. The molecule has 0 radical (unpaired) electrons. The molecule has 21 heavy (non-hydrogen) atoms. The Balaban J connectivity index is 2.21. The van der Waals surface area contributed by atoms with Gasteiger partial charge in [-0.15, -0.1) is 0 Å². The van der Waals surface area contributed by atoms with Crippen molar-refractivity contribution < 1.29 is 9.90 Å². The van der Waals surface area contributed by atoms with Gasteiger partial charge in [-0.2, -0.15) is 0 Å². The third-order valence-electron chi connectivity index (χ3n) is 3.66. The zero-order chi connectivity index (χ0) is 15.2. The molecule has 1 unspecified atom stereocenters. The van der Waals surface area contributed by atoms with Gasteiger partial charge in [0.2, 0.25) is 0 Å². The summed E-state index contributed by atoms with van der Waals surface area (Å²) in [4.78, 5) is 17.6. The van der Waals surface area contributed by atoms with Crippen molar-refractivity contribution in [1.29, 1.82) is 0 Å². The molecule has 0 amide bonds. The summed E-state index contributed by atoms with van der Waals surface area (Å²) in [5.41, 5.74) is 2.34. The molecule has 0 saturated heterocycles. The van der Waals surface area contributed by atoms with Gasteiger partial charge < -0.3 is 5.11 Å². The average Bonchev–Trinajstić information content (AvgIpc) is 2.49. The molecule has 0 spiro atoms. The number of carboxylic acids is 1. The standard InChI is InChI=1S/C17H20N2O2/c1-3-16(13-8-6-10-18-11-13)19(2)12-14-7-4-5-9-15(14)17(20)21/h4-11,16H,3,12H2,1-2H3,(H,20,21). The van der Waals surface area contributed by atoms with Gasteiger partial charge >= 0.3 is 5.97 Å². The highest BCUT2D eigenvalue weighted by Gasteiger charge is 2.18. The van der Waals surface area contributed by atoms with E-state index in [2.05, 4.69) is 22.9 Å². The van der Waals surface area contributed by atoms with E-state index in [1.807, 2.05) is 31.4 Å². The smallest absolute Gasteiger partial charge is 0.336 e. The number of benzene rings is 1. The van der Waals surface area contributed by atoms with Gasteiger partial charge in [0.1, 0.15) is 0 Å². The first-order chi connectivity index (χ1) is 10.1. The molecule has 1 aromatic carbocycles. The fourth-order valence-corrected chi connectivity index (χ4v) is 2.62. The van der Waals surface area contributed by atoms with E-state index in [9.17, 15) is 9.90 Å². The molecule has 1 N–H and O–H groups in total. The summed E-state index contributed by atoms with van der Waals surface area (Å²) in [6, 6.07) is 11.4. The van der Waals surface area contributed by atoms with Gasteiger partial charge in [0, 0.05) is 25.0 Å². The van der Waals surface area contributed by atoms with Crippen molar-refractivity contribution in [2.24, 2.45) is 0 Å². The van der Waals surface area contributed by atoms with Crippen LogP contribution in [0, 0.1) is 0 Å². The topological polar surface area (TPSA) is 53.4 Å². The van der Waals surface area contributed by atoms with Crippen LogP contribution in [0.4, 0.5) is 0 Å². The molecule has 0 saturated carbocycles. The molecule has 0 aliphatic carbocycles.